The number of rotatable bonds is 5. The molecule has 1 aromatic heterocycles. The summed E-state index contributed by atoms with van der Waals surface area (Å²) in [7, 11) is 3.82. The quantitative estimate of drug-likeness (QED) is 0.772. The first-order valence-corrected chi connectivity index (χ1v) is 7.65. The molecule has 1 fully saturated rings. The lowest BCUT2D eigenvalue weighted by Crippen LogP contribution is -2.44. The minimum absolute atomic E-state index is 0.0301. The van der Waals surface area contributed by atoms with Crippen LogP contribution in [0.25, 0.3) is 0 Å². The Labute approximate surface area is 130 Å². The van der Waals surface area contributed by atoms with Crippen LogP contribution in [0.3, 0.4) is 0 Å². The first kappa shape index (κ1) is 15.8. The first-order chi connectivity index (χ1) is 10.1. The molecule has 0 aromatic carbocycles. The predicted octanol–water partition coefficient (Wildman–Crippen LogP) is 1.54. The fraction of sp³-hybridized carbons (Fsp3) is 0.643. The van der Waals surface area contributed by atoms with Gasteiger partial charge in [0.1, 0.15) is 6.10 Å². The lowest BCUT2D eigenvalue weighted by molar-refractivity contribution is -0.133. The van der Waals surface area contributed by atoms with E-state index >= 15 is 0 Å². The van der Waals surface area contributed by atoms with Crippen LogP contribution < -0.4 is 9.64 Å². The summed E-state index contributed by atoms with van der Waals surface area (Å²) in [6, 6.07) is 3.67. The summed E-state index contributed by atoms with van der Waals surface area (Å²) in [5.74, 6) is 1.73. The number of piperidine rings is 1. The van der Waals surface area contributed by atoms with Crippen LogP contribution in [0.1, 0.15) is 19.3 Å². The Bertz CT molecular complexity index is 467. The van der Waals surface area contributed by atoms with Gasteiger partial charge in [0.25, 0.3) is 0 Å². The molecule has 1 amide bonds. The molecule has 2 heterocycles. The van der Waals surface area contributed by atoms with Gasteiger partial charge in [0.2, 0.25) is 11.8 Å². The van der Waals surface area contributed by atoms with E-state index in [0.29, 0.717) is 24.7 Å². The number of alkyl halides is 1. The van der Waals surface area contributed by atoms with Crippen molar-refractivity contribution >= 4 is 23.3 Å². The predicted molar refractivity (Wildman–Crippen MR) is 81.9 cm³/mol. The van der Waals surface area contributed by atoms with Gasteiger partial charge in [-0.25, -0.2) is 0 Å². The van der Waals surface area contributed by atoms with Crippen LogP contribution in [0.2, 0.25) is 0 Å². The van der Waals surface area contributed by atoms with Crippen molar-refractivity contribution in [3.8, 4) is 5.88 Å². The van der Waals surface area contributed by atoms with Crippen LogP contribution >= 0.6 is 11.6 Å². The second-order valence-corrected chi connectivity index (χ2v) is 5.66. The molecular weight excluding hydrogens is 292 g/mol. The van der Waals surface area contributed by atoms with Crippen molar-refractivity contribution in [3.05, 3.63) is 12.1 Å². The van der Waals surface area contributed by atoms with Crippen LogP contribution in [-0.2, 0) is 4.79 Å². The first-order valence-electron chi connectivity index (χ1n) is 7.11. The van der Waals surface area contributed by atoms with E-state index in [4.69, 9.17) is 16.3 Å². The van der Waals surface area contributed by atoms with E-state index in [9.17, 15) is 4.79 Å². The Morgan fingerprint density at radius 1 is 1.48 bits per heavy atom. The van der Waals surface area contributed by atoms with Gasteiger partial charge in [0, 0.05) is 39.0 Å². The van der Waals surface area contributed by atoms with E-state index in [1.165, 1.54) is 0 Å². The minimum atomic E-state index is -0.0301. The molecule has 116 valence electrons. The third-order valence-corrected chi connectivity index (χ3v) is 3.60. The Hall–Kier alpha value is -1.56. The highest BCUT2D eigenvalue weighted by atomic mass is 35.5. The molecule has 1 aliphatic heterocycles. The fourth-order valence-electron chi connectivity index (χ4n) is 2.28. The molecule has 1 unspecified atom stereocenters. The van der Waals surface area contributed by atoms with Crippen molar-refractivity contribution < 1.29 is 9.53 Å². The summed E-state index contributed by atoms with van der Waals surface area (Å²) in [5.41, 5.74) is 0. The molecule has 21 heavy (non-hydrogen) atoms. The number of ether oxygens (including phenoxy) is 1. The lowest BCUT2D eigenvalue weighted by Gasteiger charge is -2.32. The molecule has 1 atom stereocenters. The Morgan fingerprint density at radius 2 is 2.29 bits per heavy atom. The highest BCUT2D eigenvalue weighted by molar-refractivity contribution is 6.18. The molecule has 6 nitrogen and oxygen atoms in total. The molecule has 0 bridgehead atoms. The summed E-state index contributed by atoms with van der Waals surface area (Å²) < 4.78 is 5.83. The van der Waals surface area contributed by atoms with Crippen molar-refractivity contribution in [1.29, 1.82) is 0 Å². The van der Waals surface area contributed by atoms with E-state index in [1.54, 1.807) is 0 Å². The average Bonchev–Trinajstić information content (AvgIpc) is 2.48. The number of nitrogens with zero attached hydrogens (tertiary/aromatic N) is 4. The van der Waals surface area contributed by atoms with Gasteiger partial charge >= 0.3 is 0 Å². The standard InChI is InChI=1S/C14H21ClN4O2/c1-18(2)12-5-6-13(17-16-12)21-11-4-3-9-19(10-11)14(20)7-8-15/h5-6,11H,3-4,7-10H2,1-2H3. The second-order valence-electron chi connectivity index (χ2n) is 5.29. The van der Waals surface area contributed by atoms with Gasteiger partial charge in [-0.2, -0.15) is 0 Å². The molecule has 1 saturated heterocycles. The molecule has 0 aliphatic carbocycles. The number of hydrogen-bond donors (Lipinski definition) is 0. The second kappa shape index (κ2) is 7.45. The van der Waals surface area contributed by atoms with Crippen LogP contribution in [-0.4, -0.2) is 60.2 Å². The fourth-order valence-corrected chi connectivity index (χ4v) is 2.45. The van der Waals surface area contributed by atoms with Crippen molar-refractivity contribution in [2.24, 2.45) is 0 Å². The minimum Gasteiger partial charge on any atom is -0.471 e. The number of aromatic nitrogens is 2. The van der Waals surface area contributed by atoms with E-state index < -0.39 is 0 Å². The Balaban J connectivity index is 1.91. The number of carbonyl (C=O) groups excluding carboxylic acids is 1. The number of halogens is 1. The average molecular weight is 313 g/mol. The maximum absolute atomic E-state index is 11.9. The zero-order valence-electron chi connectivity index (χ0n) is 12.5. The summed E-state index contributed by atoms with van der Waals surface area (Å²) in [6.07, 6.45) is 2.20. The van der Waals surface area contributed by atoms with E-state index in [-0.39, 0.29) is 12.0 Å². The molecule has 0 radical (unpaired) electrons. The highest BCUT2D eigenvalue weighted by Crippen LogP contribution is 2.18. The van der Waals surface area contributed by atoms with Crippen LogP contribution in [0.5, 0.6) is 5.88 Å². The van der Waals surface area contributed by atoms with Gasteiger partial charge in [-0.15, -0.1) is 21.8 Å². The van der Waals surface area contributed by atoms with Gasteiger partial charge in [-0.1, -0.05) is 0 Å². The van der Waals surface area contributed by atoms with Crippen molar-refractivity contribution in [3.63, 3.8) is 0 Å². The SMILES string of the molecule is CN(C)c1ccc(OC2CCCN(C(=O)CCCl)C2)nn1. The molecule has 1 aromatic rings. The summed E-state index contributed by atoms with van der Waals surface area (Å²) in [4.78, 5) is 15.6. The van der Waals surface area contributed by atoms with Gasteiger partial charge in [0.15, 0.2) is 5.82 Å². The van der Waals surface area contributed by atoms with E-state index in [0.717, 1.165) is 25.2 Å². The molecule has 0 saturated carbocycles. The molecule has 2 rings (SSSR count). The van der Waals surface area contributed by atoms with Crippen molar-refractivity contribution in [1.82, 2.24) is 15.1 Å². The summed E-state index contributed by atoms with van der Waals surface area (Å²) in [5, 5.41) is 8.14. The van der Waals surface area contributed by atoms with Crippen LogP contribution in [0.15, 0.2) is 12.1 Å². The molecule has 0 N–H and O–H groups in total. The molecule has 7 heteroatoms. The highest BCUT2D eigenvalue weighted by Gasteiger charge is 2.24. The lowest BCUT2D eigenvalue weighted by atomic mass is 10.1. The number of anilines is 1. The van der Waals surface area contributed by atoms with Crippen molar-refractivity contribution in [2.75, 3.05) is 38.0 Å². The third kappa shape index (κ3) is 4.46. The monoisotopic (exact) mass is 312 g/mol. The van der Waals surface area contributed by atoms with Gasteiger partial charge < -0.3 is 14.5 Å². The molecule has 1 aliphatic rings. The zero-order valence-corrected chi connectivity index (χ0v) is 13.2. The number of amides is 1. The van der Waals surface area contributed by atoms with Crippen molar-refractivity contribution in [2.45, 2.75) is 25.4 Å². The van der Waals surface area contributed by atoms with Gasteiger partial charge in [-0.3, -0.25) is 4.79 Å². The third-order valence-electron chi connectivity index (χ3n) is 3.41. The Kier molecular flexibility index (Phi) is 5.61. The van der Waals surface area contributed by atoms with Gasteiger partial charge in [0.05, 0.1) is 6.54 Å². The van der Waals surface area contributed by atoms with E-state index in [1.807, 2.05) is 36.0 Å². The maximum atomic E-state index is 11.9. The van der Waals surface area contributed by atoms with Crippen LogP contribution in [0, 0.1) is 0 Å². The Morgan fingerprint density at radius 3 is 2.90 bits per heavy atom. The maximum Gasteiger partial charge on any atom is 0.233 e. The molecular formula is C14H21ClN4O2. The number of carbonyl (C=O) groups is 1. The smallest absolute Gasteiger partial charge is 0.233 e. The topological polar surface area (TPSA) is 58.6 Å². The van der Waals surface area contributed by atoms with Crippen LogP contribution in [0.4, 0.5) is 5.82 Å². The summed E-state index contributed by atoms with van der Waals surface area (Å²) in [6.45, 7) is 1.37. The number of hydrogen-bond acceptors (Lipinski definition) is 5. The number of likely N-dealkylation sites (tertiary alicyclic amines) is 1. The largest absolute Gasteiger partial charge is 0.471 e. The van der Waals surface area contributed by atoms with Gasteiger partial charge in [-0.05, 0) is 18.9 Å². The van der Waals surface area contributed by atoms with E-state index in [2.05, 4.69) is 10.2 Å². The molecule has 0 spiro atoms. The normalized spacial score (nSPS) is 18.4. The zero-order chi connectivity index (χ0) is 15.2. The summed E-state index contributed by atoms with van der Waals surface area (Å²) >= 11 is 5.62.